The summed E-state index contributed by atoms with van der Waals surface area (Å²) < 4.78 is 0. The number of nitrogens with one attached hydrogen (secondary N) is 1. The van der Waals surface area contributed by atoms with E-state index in [-0.39, 0.29) is 11.9 Å². The molecule has 1 fully saturated rings. The SMILES string of the molecule is CC(C)N(C(=O)CN(C)CC1CCCN1)c1ccccc1. The Hall–Kier alpha value is -1.39. The van der Waals surface area contributed by atoms with Crippen molar-refractivity contribution < 1.29 is 4.79 Å². The maximum absolute atomic E-state index is 12.6. The van der Waals surface area contributed by atoms with Crippen LogP contribution in [0.4, 0.5) is 5.69 Å². The minimum atomic E-state index is 0.164. The Kier molecular flexibility index (Phi) is 5.76. The van der Waals surface area contributed by atoms with E-state index in [4.69, 9.17) is 0 Å². The summed E-state index contributed by atoms with van der Waals surface area (Å²) in [6.45, 7) is 6.62. The molecule has 1 amide bonds. The lowest BCUT2D eigenvalue weighted by atomic mass is 10.2. The molecule has 1 aliphatic rings. The highest BCUT2D eigenvalue weighted by Crippen LogP contribution is 2.17. The lowest BCUT2D eigenvalue weighted by molar-refractivity contribution is -0.119. The first-order valence-electron chi connectivity index (χ1n) is 7.87. The molecule has 1 aromatic rings. The molecule has 4 heteroatoms. The smallest absolute Gasteiger partial charge is 0.241 e. The molecule has 1 aliphatic heterocycles. The van der Waals surface area contributed by atoms with Crippen molar-refractivity contribution in [1.29, 1.82) is 0 Å². The first-order valence-corrected chi connectivity index (χ1v) is 7.87. The summed E-state index contributed by atoms with van der Waals surface area (Å²) in [6.07, 6.45) is 2.46. The third kappa shape index (κ3) is 4.55. The van der Waals surface area contributed by atoms with E-state index in [1.54, 1.807) is 0 Å². The van der Waals surface area contributed by atoms with Crippen molar-refractivity contribution >= 4 is 11.6 Å². The van der Waals surface area contributed by atoms with Crippen molar-refractivity contribution in [2.45, 2.75) is 38.8 Å². The van der Waals surface area contributed by atoms with E-state index in [9.17, 15) is 4.79 Å². The average molecular weight is 289 g/mol. The molecule has 1 unspecified atom stereocenters. The summed E-state index contributed by atoms with van der Waals surface area (Å²) in [4.78, 5) is 16.6. The highest BCUT2D eigenvalue weighted by Gasteiger charge is 2.22. The van der Waals surface area contributed by atoms with Crippen LogP contribution in [0.2, 0.25) is 0 Å². The van der Waals surface area contributed by atoms with Gasteiger partial charge in [-0.2, -0.15) is 0 Å². The summed E-state index contributed by atoms with van der Waals surface area (Å²) in [7, 11) is 2.03. The van der Waals surface area contributed by atoms with Crippen LogP contribution in [0.3, 0.4) is 0 Å². The van der Waals surface area contributed by atoms with Crippen LogP contribution >= 0.6 is 0 Å². The fourth-order valence-electron chi connectivity index (χ4n) is 2.98. The summed E-state index contributed by atoms with van der Waals surface area (Å²) in [6, 6.07) is 10.6. The van der Waals surface area contributed by atoms with E-state index >= 15 is 0 Å². The number of anilines is 1. The Labute approximate surface area is 128 Å². The largest absolute Gasteiger partial charge is 0.313 e. The Balaban J connectivity index is 1.95. The Morgan fingerprint density at radius 3 is 2.62 bits per heavy atom. The van der Waals surface area contributed by atoms with Gasteiger partial charge >= 0.3 is 0 Å². The third-order valence-electron chi connectivity index (χ3n) is 3.92. The van der Waals surface area contributed by atoms with Crippen molar-refractivity contribution in [3.05, 3.63) is 30.3 Å². The van der Waals surface area contributed by atoms with Crippen LogP contribution in [0.1, 0.15) is 26.7 Å². The van der Waals surface area contributed by atoms with Crippen molar-refractivity contribution in [3.63, 3.8) is 0 Å². The highest BCUT2D eigenvalue weighted by molar-refractivity contribution is 5.95. The van der Waals surface area contributed by atoms with Crippen molar-refractivity contribution in [3.8, 4) is 0 Å². The molecule has 0 saturated carbocycles. The van der Waals surface area contributed by atoms with Crippen LogP contribution in [0.5, 0.6) is 0 Å². The molecule has 1 heterocycles. The van der Waals surface area contributed by atoms with Crippen molar-refractivity contribution in [2.24, 2.45) is 0 Å². The van der Waals surface area contributed by atoms with Gasteiger partial charge in [-0.3, -0.25) is 9.69 Å². The molecule has 1 saturated heterocycles. The molecule has 1 atom stereocenters. The second kappa shape index (κ2) is 7.57. The first kappa shape index (κ1) is 16.0. The zero-order valence-corrected chi connectivity index (χ0v) is 13.4. The number of para-hydroxylation sites is 1. The Morgan fingerprint density at radius 1 is 1.33 bits per heavy atom. The lowest BCUT2D eigenvalue weighted by Gasteiger charge is -2.29. The minimum Gasteiger partial charge on any atom is -0.313 e. The molecule has 0 aromatic heterocycles. The Morgan fingerprint density at radius 2 is 2.05 bits per heavy atom. The van der Waals surface area contributed by atoms with E-state index in [1.165, 1.54) is 12.8 Å². The second-order valence-electron chi connectivity index (χ2n) is 6.18. The molecule has 1 N–H and O–H groups in total. The summed E-state index contributed by atoms with van der Waals surface area (Å²) in [5.74, 6) is 0.164. The number of amides is 1. The molecule has 116 valence electrons. The maximum Gasteiger partial charge on any atom is 0.241 e. The zero-order chi connectivity index (χ0) is 15.2. The quantitative estimate of drug-likeness (QED) is 0.871. The first-order chi connectivity index (χ1) is 10.1. The van der Waals surface area contributed by atoms with Gasteiger partial charge in [-0.1, -0.05) is 18.2 Å². The van der Waals surface area contributed by atoms with Gasteiger partial charge in [0.25, 0.3) is 0 Å². The van der Waals surface area contributed by atoms with E-state index in [1.807, 2.05) is 42.3 Å². The molecule has 0 radical (unpaired) electrons. The third-order valence-corrected chi connectivity index (χ3v) is 3.92. The molecule has 2 rings (SSSR count). The van der Waals surface area contributed by atoms with Crippen molar-refractivity contribution in [2.75, 3.05) is 31.6 Å². The maximum atomic E-state index is 12.6. The zero-order valence-electron chi connectivity index (χ0n) is 13.4. The van der Waals surface area contributed by atoms with Gasteiger partial charge in [-0.05, 0) is 52.4 Å². The highest BCUT2D eigenvalue weighted by atomic mass is 16.2. The van der Waals surface area contributed by atoms with Gasteiger partial charge in [0.15, 0.2) is 0 Å². The van der Waals surface area contributed by atoms with Gasteiger partial charge in [0, 0.05) is 24.3 Å². The van der Waals surface area contributed by atoms with E-state index in [0.717, 1.165) is 18.8 Å². The van der Waals surface area contributed by atoms with Gasteiger partial charge in [0.05, 0.1) is 6.54 Å². The summed E-state index contributed by atoms with van der Waals surface area (Å²) in [5.41, 5.74) is 0.977. The fraction of sp³-hybridized carbons (Fsp3) is 0.588. The standard InChI is InChI=1S/C17H27N3O/c1-14(2)20(16-9-5-4-6-10-16)17(21)13-19(3)12-15-8-7-11-18-15/h4-6,9-10,14-15,18H,7-8,11-13H2,1-3H3. The topological polar surface area (TPSA) is 35.6 Å². The van der Waals surface area contributed by atoms with Crippen LogP contribution in [0.25, 0.3) is 0 Å². The number of hydrogen-bond donors (Lipinski definition) is 1. The number of benzene rings is 1. The van der Waals surface area contributed by atoms with Crippen molar-refractivity contribution in [1.82, 2.24) is 10.2 Å². The lowest BCUT2D eigenvalue weighted by Crippen LogP contribution is -2.45. The molecule has 1 aromatic carbocycles. The molecule has 0 bridgehead atoms. The second-order valence-corrected chi connectivity index (χ2v) is 6.18. The molecule has 0 aliphatic carbocycles. The van der Waals surface area contributed by atoms with Crippen LogP contribution in [-0.2, 0) is 4.79 Å². The van der Waals surface area contributed by atoms with Gasteiger partial charge in [0.1, 0.15) is 0 Å². The molecule has 4 nitrogen and oxygen atoms in total. The predicted molar refractivity (Wildman–Crippen MR) is 87.6 cm³/mol. The average Bonchev–Trinajstić information content (AvgIpc) is 2.92. The predicted octanol–water partition coefficient (Wildman–Crippen LogP) is 2.11. The Bertz CT molecular complexity index is 441. The molecule has 0 spiro atoms. The van der Waals surface area contributed by atoms with Crippen LogP contribution in [0.15, 0.2) is 30.3 Å². The number of likely N-dealkylation sites (N-methyl/N-ethyl adjacent to an activating group) is 1. The van der Waals surface area contributed by atoms with E-state index in [2.05, 4.69) is 24.1 Å². The van der Waals surface area contributed by atoms with Crippen LogP contribution in [-0.4, -0.2) is 49.6 Å². The normalized spacial score (nSPS) is 18.4. The summed E-state index contributed by atoms with van der Waals surface area (Å²) in [5, 5.41) is 3.48. The number of carbonyl (C=O) groups excluding carboxylic acids is 1. The number of rotatable bonds is 6. The monoisotopic (exact) mass is 289 g/mol. The number of hydrogen-bond acceptors (Lipinski definition) is 3. The van der Waals surface area contributed by atoms with Gasteiger partial charge in [-0.15, -0.1) is 0 Å². The van der Waals surface area contributed by atoms with Gasteiger partial charge in [0.2, 0.25) is 5.91 Å². The number of nitrogens with zero attached hydrogens (tertiary/aromatic N) is 2. The van der Waals surface area contributed by atoms with Gasteiger partial charge < -0.3 is 10.2 Å². The van der Waals surface area contributed by atoms with E-state index in [0.29, 0.717) is 12.6 Å². The molecular weight excluding hydrogens is 262 g/mol. The van der Waals surface area contributed by atoms with E-state index < -0.39 is 0 Å². The van der Waals surface area contributed by atoms with Crippen LogP contribution in [0, 0.1) is 0 Å². The fourth-order valence-corrected chi connectivity index (χ4v) is 2.98. The minimum absolute atomic E-state index is 0.164. The van der Waals surface area contributed by atoms with Crippen LogP contribution < -0.4 is 10.2 Å². The number of carbonyl (C=O) groups is 1. The van der Waals surface area contributed by atoms with Gasteiger partial charge in [-0.25, -0.2) is 0 Å². The molecule has 21 heavy (non-hydrogen) atoms. The summed E-state index contributed by atoms with van der Waals surface area (Å²) >= 11 is 0. The molecular formula is C17H27N3O.